The summed E-state index contributed by atoms with van der Waals surface area (Å²) in [7, 11) is 0. The molecule has 0 aromatic heterocycles. The summed E-state index contributed by atoms with van der Waals surface area (Å²) < 4.78 is 14.4. The van der Waals surface area contributed by atoms with Crippen LogP contribution in [0.1, 0.15) is 0 Å². The lowest BCUT2D eigenvalue weighted by Gasteiger charge is -1.98. The molecule has 5 heteroatoms. The summed E-state index contributed by atoms with van der Waals surface area (Å²) in [5.74, 6) is -0.428. The van der Waals surface area contributed by atoms with Gasteiger partial charge in [0.05, 0.1) is 5.16 Å². The second-order valence-corrected chi connectivity index (χ2v) is 3.81. The van der Waals surface area contributed by atoms with Crippen molar-refractivity contribution in [2.24, 2.45) is 4.99 Å². The van der Waals surface area contributed by atoms with Crippen LogP contribution in [-0.4, -0.2) is 5.16 Å². The Balaban J connectivity index is 3.32. The molecule has 0 amide bonds. The van der Waals surface area contributed by atoms with E-state index in [-0.39, 0.29) is 5.69 Å². The minimum absolute atomic E-state index is 0.181. The van der Waals surface area contributed by atoms with E-state index in [9.17, 15) is 4.39 Å². The van der Waals surface area contributed by atoms with Crippen LogP contribution in [0.2, 0.25) is 0 Å². The number of rotatable bonds is 1. The summed E-state index contributed by atoms with van der Waals surface area (Å²) >= 11 is 10.7. The quantitative estimate of drug-likeness (QED) is 0.432. The molecule has 0 saturated heterocycles. The molecule has 1 rings (SSSR count). The van der Waals surface area contributed by atoms with Crippen LogP contribution in [0.25, 0.3) is 0 Å². The van der Waals surface area contributed by atoms with Crippen molar-refractivity contribution in [1.29, 1.82) is 0 Å². The number of thiocarbonyl (C=S) groups is 1. The maximum Gasteiger partial charge on any atom is 0.150 e. The monoisotopic (exact) mass is 309 g/mol. The minimum atomic E-state index is -0.428. The number of benzene rings is 1. The van der Waals surface area contributed by atoms with Crippen molar-refractivity contribution in [2.45, 2.75) is 0 Å². The maximum absolute atomic E-state index is 13.0. The molecule has 1 aromatic carbocycles. The van der Waals surface area contributed by atoms with Crippen LogP contribution >= 0.6 is 44.1 Å². The summed E-state index contributed by atoms with van der Waals surface area (Å²) in [6.07, 6.45) is 0. The molecule has 0 radical (unpaired) electrons. The highest BCUT2D eigenvalue weighted by Gasteiger charge is 2.04. The molecule has 0 heterocycles. The summed E-state index contributed by atoms with van der Waals surface area (Å²) in [4.78, 5) is 3.55. The normalized spacial score (nSPS) is 9.25. The van der Waals surface area contributed by atoms with Crippen molar-refractivity contribution in [3.63, 3.8) is 0 Å². The zero-order valence-corrected chi connectivity index (χ0v) is 9.63. The Morgan fingerprint density at radius 3 is 2.50 bits per heavy atom. The first-order chi connectivity index (χ1) is 5.65. The van der Waals surface area contributed by atoms with Gasteiger partial charge in [0.1, 0.15) is 5.69 Å². The maximum atomic E-state index is 13.0. The first-order valence-corrected chi connectivity index (χ1v) is 4.87. The lowest BCUT2D eigenvalue weighted by molar-refractivity contribution is 0.629. The van der Waals surface area contributed by atoms with E-state index < -0.39 is 5.82 Å². The van der Waals surface area contributed by atoms with Crippen molar-refractivity contribution in [3.05, 3.63) is 26.9 Å². The number of hydrogen-bond acceptors (Lipinski definition) is 2. The van der Waals surface area contributed by atoms with Crippen LogP contribution in [0.15, 0.2) is 26.1 Å². The molecule has 0 aliphatic rings. The molecule has 0 N–H and O–H groups in total. The zero-order chi connectivity index (χ0) is 9.14. The average molecular weight is 311 g/mol. The van der Waals surface area contributed by atoms with Crippen molar-refractivity contribution >= 4 is 54.9 Å². The molecule has 12 heavy (non-hydrogen) atoms. The second-order valence-electron chi connectivity index (χ2n) is 1.92. The van der Waals surface area contributed by atoms with Gasteiger partial charge in [0.15, 0.2) is 5.82 Å². The SMILES string of the molecule is Fc1cc(Br)c(Br)cc1N=C=S. The number of nitrogens with zero attached hydrogens (tertiary/aromatic N) is 1. The van der Waals surface area contributed by atoms with Gasteiger partial charge < -0.3 is 0 Å². The van der Waals surface area contributed by atoms with Gasteiger partial charge in [-0.15, -0.1) is 0 Å². The van der Waals surface area contributed by atoms with Crippen molar-refractivity contribution < 1.29 is 4.39 Å². The molecule has 0 fully saturated rings. The van der Waals surface area contributed by atoms with Crippen molar-refractivity contribution in [3.8, 4) is 0 Å². The Morgan fingerprint density at radius 2 is 1.92 bits per heavy atom. The number of isothiocyanates is 1. The molecule has 0 aliphatic carbocycles. The third-order valence-electron chi connectivity index (χ3n) is 1.16. The van der Waals surface area contributed by atoms with Crippen LogP contribution in [-0.2, 0) is 0 Å². The van der Waals surface area contributed by atoms with Gasteiger partial charge in [-0.2, -0.15) is 4.99 Å². The lowest BCUT2D eigenvalue weighted by atomic mass is 10.3. The van der Waals surface area contributed by atoms with E-state index in [4.69, 9.17) is 0 Å². The fraction of sp³-hybridized carbons (Fsp3) is 0. The molecule has 0 spiro atoms. The standard InChI is InChI=1S/C7H2Br2FNS/c8-4-1-6(10)7(11-3-12)2-5(4)9/h1-2H. The van der Waals surface area contributed by atoms with Gasteiger partial charge in [-0.3, -0.25) is 0 Å². The van der Waals surface area contributed by atoms with E-state index in [0.717, 1.165) is 4.47 Å². The largest absolute Gasteiger partial charge is 0.205 e. The first-order valence-electron chi connectivity index (χ1n) is 2.87. The van der Waals surface area contributed by atoms with E-state index in [1.165, 1.54) is 12.1 Å². The van der Waals surface area contributed by atoms with Crippen molar-refractivity contribution in [2.75, 3.05) is 0 Å². The van der Waals surface area contributed by atoms with Crippen molar-refractivity contribution in [1.82, 2.24) is 0 Å². The van der Waals surface area contributed by atoms with Crippen LogP contribution in [0.4, 0.5) is 10.1 Å². The average Bonchev–Trinajstić information content (AvgIpc) is 2.01. The van der Waals surface area contributed by atoms with Gasteiger partial charge >= 0.3 is 0 Å². The molecule has 0 atom stereocenters. The molecule has 0 unspecified atom stereocenters. The smallest absolute Gasteiger partial charge is 0.150 e. The Morgan fingerprint density at radius 1 is 1.33 bits per heavy atom. The van der Waals surface area contributed by atoms with E-state index >= 15 is 0 Å². The number of aliphatic imine (C=N–C) groups is 1. The highest BCUT2D eigenvalue weighted by molar-refractivity contribution is 9.13. The van der Waals surface area contributed by atoms with Gasteiger partial charge in [0.2, 0.25) is 0 Å². The Hall–Kier alpha value is -0.0900. The van der Waals surface area contributed by atoms with Crippen LogP contribution in [0.3, 0.4) is 0 Å². The fourth-order valence-electron chi connectivity index (χ4n) is 0.647. The van der Waals surface area contributed by atoms with Gasteiger partial charge in [-0.05, 0) is 56.2 Å². The van der Waals surface area contributed by atoms with Crippen LogP contribution in [0, 0.1) is 5.82 Å². The highest BCUT2D eigenvalue weighted by Crippen LogP contribution is 2.29. The minimum Gasteiger partial charge on any atom is -0.205 e. The molecule has 0 aliphatic heterocycles. The number of halogens is 3. The van der Waals surface area contributed by atoms with Gasteiger partial charge in [-0.1, -0.05) is 0 Å². The molecule has 0 bridgehead atoms. The predicted octanol–water partition coefficient (Wildman–Crippen LogP) is 4.09. The van der Waals surface area contributed by atoms with Gasteiger partial charge in [0, 0.05) is 8.95 Å². The summed E-state index contributed by atoms with van der Waals surface area (Å²) in [5, 5.41) is 2.10. The number of hydrogen-bond donors (Lipinski definition) is 0. The highest BCUT2D eigenvalue weighted by atomic mass is 79.9. The molecule has 1 aromatic rings. The van der Waals surface area contributed by atoms with Crippen LogP contribution < -0.4 is 0 Å². The second kappa shape index (κ2) is 4.23. The van der Waals surface area contributed by atoms with E-state index in [1.54, 1.807) is 0 Å². The molecular weight excluding hydrogens is 309 g/mol. The molecule has 0 saturated carbocycles. The van der Waals surface area contributed by atoms with E-state index in [1.807, 2.05) is 0 Å². The first kappa shape index (κ1) is 9.99. The van der Waals surface area contributed by atoms with Gasteiger partial charge in [0.25, 0.3) is 0 Å². The summed E-state index contributed by atoms with van der Waals surface area (Å²) in [6.45, 7) is 0. The molecule has 62 valence electrons. The third kappa shape index (κ3) is 2.20. The van der Waals surface area contributed by atoms with E-state index in [2.05, 4.69) is 54.2 Å². The zero-order valence-electron chi connectivity index (χ0n) is 5.64. The third-order valence-corrected chi connectivity index (χ3v) is 3.09. The van der Waals surface area contributed by atoms with Crippen LogP contribution in [0.5, 0.6) is 0 Å². The molecular formula is C7H2Br2FNS. The summed E-state index contributed by atoms with van der Waals surface area (Å²) in [5.41, 5.74) is 0.181. The Bertz CT molecular complexity index is 361. The fourth-order valence-corrected chi connectivity index (χ4v) is 1.39. The summed E-state index contributed by atoms with van der Waals surface area (Å²) in [6, 6.07) is 2.84. The lowest BCUT2D eigenvalue weighted by Crippen LogP contribution is -1.77. The topological polar surface area (TPSA) is 12.4 Å². The Labute approximate surface area is 91.0 Å². The van der Waals surface area contributed by atoms with E-state index in [0.29, 0.717) is 4.47 Å². The predicted molar refractivity (Wildman–Crippen MR) is 56.5 cm³/mol. The van der Waals surface area contributed by atoms with Gasteiger partial charge in [-0.25, -0.2) is 4.39 Å². The molecule has 1 nitrogen and oxygen atoms in total. The Kier molecular flexibility index (Phi) is 3.53.